The first-order valence-electron chi connectivity index (χ1n) is 11.2. The smallest absolute Gasteiger partial charge is 0.262 e. The van der Waals surface area contributed by atoms with Gasteiger partial charge in [0, 0.05) is 10.7 Å². The molecule has 0 aromatic heterocycles. The average molecular weight is 543 g/mol. The van der Waals surface area contributed by atoms with Gasteiger partial charge in [-0.25, -0.2) is 13.8 Å². The van der Waals surface area contributed by atoms with Crippen molar-refractivity contribution in [2.24, 2.45) is 5.10 Å². The predicted octanol–water partition coefficient (Wildman–Crippen LogP) is 3.89. The maximum Gasteiger partial charge on any atom is 0.262 e. The van der Waals surface area contributed by atoms with Gasteiger partial charge in [0.1, 0.15) is 12.3 Å². The van der Waals surface area contributed by atoms with E-state index in [1.807, 2.05) is 6.07 Å². The third-order valence-corrected chi connectivity index (χ3v) is 6.49. The first-order valence-corrected chi connectivity index (χ1v) is 13.4. The SMILES string of the molecule is Cc1cccc(C)c1N(CC(=O)N/N=C\c1ccc(OCC(=O)Nc2cccc(Cl)c2)cc1)S(C)(=O)=O. The van der Waals surface area contributed by atoms with Crippen molar-refractivity contribution < 1.29 is 22.7 Å². The molecule has 0 spiro atoms. The number of nitrogens with zero attached hydrogens (tertiary/aromatic N) is 2. The van der Waals surface area contributed by atoms with Crippen molar-refractivity contribution >= 4 is 51.0 Å². The molecular formula is C26H27ClN4O5S. The first-order chi connectivity index (χ1) is 17.5. The predicted molar refractivity (Wildman–Crippen MR) is 146 cm³/mol. The third kappa shape index (κ3) is 8.33. The fourth-order valence-electron chi connectivity index (χ4n) is 3.47. The maximum atomic E-state index is 12.4. The van der Waals surface area contributed by atoms with Gasteiger partial charge in [0.25, 0.3) is 11.8 Å². The van der Waals surface area contributed by atoms with Gasteiger partial charge in [-0.3, -0.25) is 13.9 Å². The molecule has 9 nitrogen and oxygen atoms in total. The quantitative estimate of drug-likeness (QED) is 0.298. The molecule has 0 saturated heterocycles. The molecule has 0 heterocycles. The van der Waals surface area contributed by atoms with Crippen LogP contribution in [0.15, 0.2) is 71.8 Å². The number of amides is 2. The summed E-state index contributed by atoms with van der Waals surface area (Å²) in [6.45, 7) is 2.98. The van der Waals surface area contributed by atoms with Crippen LogP contribution in [0.25, 0.3) is 0 Å². The number of para-hydroxylation sites is 1. The van der Waals surface area contributed by atoms with Crippen LogP contribution in [0.3, 0.4) is 0 Å². The highest BCUT2D eigenvalue weighted by molar-refractivity contribution is 7.92. The van der Waals surface area contributed by atoms with Gasteiger partial charge in [-0.15, -0.1) is 0 Å². The molecule has 2 N–H and O–H groups in total. The summed E-state index contributed by atoms with van der Waals surface area (Å²) in [5, 5.41) is 7.12. The number of halogens is 1. The van der Waals surface area contributed by atoms with Crippen molar-refractivity contribution in [1.82, 2.24) is 5.43 Å². The Hall–Kier alpha value is -3.89. The van der Waals surface area contributed by atoms with E-state index < -0.39 is 22.5 Å². The molecule has 0 radical (unpaired) electrons. The molecule has 11 heteroatoms. The molecule has 0 aliphatic heterocycles. The van der Waals surface area contributed by atoms with Gasteiger partial charge in [-0.2, -0.15) is 5.10 Å². The molecule has 0 unspecified atom stereocenters. The van der Waals surface area contributed by atoms with E-state index in [1.54, 1.807) is 74.5 Å². The van der Waals surface area contributed by atoms with Gasteiger partial charge in [-0.1, -0.05) is 35.9 Å². The van der Waals surface area contributed by atoms with Crippen LogP contribution in [0, 0.1) is 13.8 Å². The molecule has 3 rings (SSSR count). The number of nitrogens with one attached hydrogen (secondary N) is 2. The lowest BCUT2D eigenvalue weighted by molar-refractivity contribution is -0.119. The van der Waals surface area contributed by atoms with Crippen LogP contribution in [0.4, 0.5) is 11.4 Å². The Morgan fingerprint density at radius 2 is 1.65 bits per heavy atom. The number of hydrogen-bond acceptors (Lipinski definition) is 6. The topological polar surface area (TPSA) is 117 Å². The van der Waals surface area contributed by atoms with Crippen molar-refractivity contribution in [2.75, 3.05) is 29.0 Å². The summed E-state index contributed by atoms with van der Waals surface area (Å²) in [7, 11) is -3.70. The monoisotopic (exact) mass is 542 g/mol. The lowest BCUT2D eigenvalue weighted by Crippen LogP contribution is -2.39. The van der Waals surface area contributed by atoms with Crippen molar-refractivity contribution in [3.05, 3.63) is 88.4 Å². The number of benzene rings is 3. The van der Waals surface area contributed by atoms with Gasteiger partial charge in [-0.05, 0) is 73.0 Å². The van der Waals surface area contributed by atoms with Gasteiger partial charge >= 0.3 is 0 Å². The molecule has 0 aliphatic rings. The van der Waals surface area contributed by atoms with Crippen LogP contribution < -0.4 is 19.8 Å². The van der Waals surface area contributed by atoms with Gasteiger partial charge < -0.3 is 10.1 Å². The van der Waals surface area contributed by atoms with E-state index in [1.165, 1.54) is 6.21 Å². The Bertz CT molecular complexity index is 1390. The fraction of sp³-hybridized carbons (Fsp3) is 0.192. The van der Waals surface area contributed by atoms with Crippen molar-refractivity contribution in [1.29, 1.82) is 0 Å². The first kappa shape index (κ1) is 27.7. The average Bonchev–Trinajstić information content (AvgIpc) is 2.82. The Balaban J connectivity index is 1.52. The molecule has 194 valence electrons. The van der Waals surface area contributed by atoms with Crippen LogP contribution in [0.1, 0.15) is 16.7 Å². The molecule has 0 saturated carbocycles. The summed E-state index contributed by atoms with van der Waals surface area (Å²) in [4.78, 5) is 24.5. The minimum Gasteiger partial charge on any atom is -0.484 e. The van der Waals surface area contributed by atoms with E-state index in [0.717, 1.165) is 21.7 Å². The zero-order valence-electron chi connectivity index (χ0n) is 20.6. The number of carbonyl (C=O) groups is 2. The molecule has 0 aliphatic carbocycles. The normalized spacial score (nSPS) is 11.2. The molecule has 3 aromatic carbocycles. The van der Waals surface area contributed by atoms with Crippen molar-refractivity contribution in [2.45, 2.75) is 13.8 Å². The van der Waals surface area contributed by atoms with E-state index in [4.69, 9.17) is 16.3 Å². The highest BCUT2D eigenvalue weighted by Gasteiger charge is 2.23. The summed E-state index contributed by atoms with van der Waals surface area (Å²) in [5.41, 5.74) is 5.54. The fourth-order valence-corrected chi connectivity index (χ4v) is 4.63. The zero-order valence-corrected chi connectivity index (χ0v) is 22.1. The van der Waals surface area contributed by atoms with E-state index in [2.05, 4.69) is 15.8 Å². The zero-order chi connectivity index (χ0) is 27.0. The lowest BCUT2D eigenvalue weighted by Gasteiger charge is -2.25. The van der Waals surface area contributed by atoms with Crippen LogP contribution in [-0.2, 0) is 19.6 Å². The van der Waals surface area contributed by atoms with Crippen LogP contribution >= 0.6 is 11.6 Å². The second-order valence-corrected chi connectivity index (χ2v) is 10.6. The minimum atomic E-state index is -3.70. The van der Waals surface area contributed by atoms with Gasteiger partial charge in [0.15, 0.2) is 6.61 Å². The van der Waals surface area contributed by atoms with Crippen molar-refractivity contribution in [3.8, 4) is 5.75 Å². The van der Waals surface area contributed by atoms with Gasteiger partial charge in [0.05, 0.1) is 18.2 Å². The minimum absolute atomic E-state index is 0.187. The second kappa shape index (κ2) is 12.4. The molecule has 0 fully saturated rings. The summed E-state index contributed by atoms with van der Waals surface area (Å²) >= 11 is 5.90. The third-order valence-electron chi connectivity index (χ3n) is 5.14. The highest BCUT2D eigenvalue weighted by Crippen LogP contribution is 2.26. The summed E-state index contributed by atoms with van der Waals surface area (Å²) < 4.78 is 31.3. The van der Waals surface area contributed by atoms with Crippen LogP contribution in [0.2, 0.25) is 5.02 Å². The Labute approximate surface area is 221 Å². The number of hydrogen-bond donors (Lipinski definition) is 2. The van der Waals surface area contributed by atoms with E-state index >= 15 is 0 Å². The number of carbonyl (C=O) groups excluding carboxylic acids is 2. The number of hydrazone groups is 1. The number of rotatable bonds is 10. The van der Waals surface area contributed by atoms with E-state index in [9.17, 15) is 18.0 Å². The van der Waals surface area contributed by atoms with Crippen molar-refractivity contribution in [3.63, 3.8) is 0 Å². The number of ether oxygens (including phenoxy) is 1. The summed E-state index contributed by atoms with van der Waals surface area (Å²) in [5.74, 6) is -0.450. The second-order valence-electron chi connectivity index (χ2n) is 8.22. The largest absolute Gasteiger partial charge is 0.484 e. The molecule has 2 amide bonds. The number of aryl methyl sites for hydroxylation is 2. The Morgan fingerprint density at radius 1 is 1.00 bits per heavy atom. The molecule has 37 heavy (non-hydrogen) atoms. The maximum absolute atomic E-state index is 12.4. The molecular weight excluding hydrogens is 516 g/mol. The molecule has 0 bridgehead atoms. The Kier molecular flexibility index (Phi) is 9.26. The lowest BCUT2D eigenvalue weighted by atomic mass is 10.1. The number of sulfonamides is 1. The van der Waals surface area contributed by atoms with E-state index in [-0.39, 0.29) is 12.5 Å². The molecule has 0 atom stereocenters. The van der Waals surface area contributed by atoms with Crippen LogP contribution in [0.5, 0.6) is 5.75 Å². The summed E-state index contributed by atoms with van der Waals surface area (Å²) in [6, 6.07) is 18.9. The summed E-state index contributed by atoms with van der Waals surface area (Å²) in [6.07, 6.45) is 2.47. The Morgan fingerprint density at radius 3 is 2.27 bits per heavy atom. The van der Waals surface area contributed by atoms with Gasteiger partial charge in [0.2, 0.25) is 10.0 Å². The standard InChI is InChI=1S/C26H27ClN4O5S/c1-18-6-4-7-19(2)26(18)31(37(3,34)35)16-24(32)30-28-15-20-10-12-23(13-11-20)36-17-25(33)29-22-9-5-8-21(27)14-22/h4-15H,16-17H2,1-3H3,(H,29,33)(H,30,32)/b28-15-. The molecule has 3 aromatic rings. The highest BCUT2D eigenvalue weighted by atomic mass is 35.5. The number of anilines is 2. The van der Waals surface area contributed by atoms with Crippen LogP contribution in [-0.4, -0.2) is 45.9 Å². The van der Waals surface area contributed by atoms with E-state index in [0.29, 0.717) is 27.7 Å².